The molecule has 0 aliphatic carbocycles. The lowest BCUT2D eigenvalue weighted by Crippen LogP contribution is -2.44. The minimum Gasteiger partial charge on any atom is -0.433 e. The minimum absolute atomic E-state index is 0.201. The summed E-state index contributed by atoms with van der Waals surface area (Å²) in [6.45, 7) is 7.23. The molecule has 214 valence electrons. The number of anilines is 2. The number of hydrogen-bond acceptors (Lipinski definition) is 10. The van der Waals surface area contributed by atoms with Crippen molar-refractivity contribution in [2.24, 2.45) is 0 Å². The molecule has 6 rings (SSSR count). The zero-order chi connectivity index (χ0) is 27.7. The predicted molar refractivity (Wildman–Crippen MR) is 152 cm³/mol. The lowest BCUT2D eigenvalue weighted by Gasteiger charge is -2.37. The Hall–Kier alpha value is -3.25. The first-order valence-corrected chi connectivity index (χ1v) is 14.2. The molecule has 0 amide bonds. The fourth-order valence-corrected chi connectivity index (χ4v) is 5.85. The predicted octanol–water partition coefficient (Wildman–Crippen LogP) is 3.20. The van der Waals surface area contributed by atoms with Crippen molar-refractivity contribution in [1.82, 2.24) is 24.6 Å². The molecule has 1 aromatic carbocycles. The number of morpholine rings is 1. The number of aliphatic hydroxyl groups is 1. The van der Waals surface area contributed by atoms with E-state index in [2.05, 4.69) is 46.0 Å². The van der Waals surface area contributed by atoms with Gasteiger partial charge in [0.1, 0.15) is 5.60 Å². The number of likely N-dealkylation sites (tertiary alicyclic amines) is 1. The summed E-state index contributed by atoms with van der Waals surface area (Å²) in [5.41, 5.74) is 8.37. The second kappa shape index (κ2) is 11.3. The molecule has 40 heavy (non-hydrogen) atoms. The molecule has 2 aromatic heterocycles. The highest BCUT2D eigenvalue weighted by molar-refractivity contribution is 5.69. The smallest absolute Gasteiger partial charge is 0.263 e. The molecule has 3 aliphatic rings. The van der Waals surface area contributed by atoms with Gasteiger partial charge in [-0.05, 0) is 76.5 Å². The van der Waals surface area contributed by atoms with Crippen molar-refractivity contribution in [3.63, 3.8) is 0 Å². The van der Waals surface area contributed by atoms with Crippen LogP contribution in [0.5, 0.6) is 11.6 Å². The Morgan fingerprint density at radius 1 is 1.10 bits per heavy atom. The molecule has 3 aromatic rings. The second-order valence-corrected chi connectivity index (χ2v) is 11.3. The summed E-state index contributed by atoms with van der Waals surface area (Å²) in [5.74, 6) is 1.00. The summed E-state index contributed by atoms with van der Waals surface area (Å²) in [7, 11) is 2.14. The Labute approximate surface area is 234 Å². The van der Waals surface area contributed by atoms with Crippen LogP contribution in [0.4, 0.5) is 11.5 Å². The van der Waals surface area contributed by atoms with Gasteiger partial charge in [0, 0.05) is 30.4 Å². The second-order valence-electron chi connectivity index (χ2n) is 11.3. The Bertz CT molecular complexity index is 1320. The number of ether oxygens (including phenoxy) is 3. The maximum absolute atomic E-state index is 11.6. The fourth-order valence-electron chi connectivity index (χ4n) is 5.85. The quantitative estimate of drug-likeness (QED) is 0.474. The number of nitrogen functional groups attached to an aromatic ring is 1. The standard InChI is InChI=1S/C29H39N7O4/c1-20-18-38-11-9-35(20)24-13-21(12-22(14-24)29(37)6-3-10-39-19-29)26-16-31-27(30)28(33-26)40-25-15-32-36(17-25)23-4-7-34(2)8-5-23/h12-17,20,23,37H,3-11,18-19H2,1-2H3,(H2,30,31)/t20-,29-/m1/s1. The van der Waals surface area contributed by atoms with E-state index in [9.17, 15) is 5.11 Å². The first-order chi connectivity index (χ1) is 19.4. The SMILES string of the molecule is C[C@@H]1COCCN1c1cc(-c2cnc(N)c(Oc3cnn(C4CCN(C)CC4)c3)n2)cc([C@@]2(O)CCCOC2)c1. The molecule has 11 nitrogen and oxygen atoms in total. The van der Waals surface area contributed by atoms with Crippen LogP contribution in [-0.2, 0) is 15.1 Å². The lowest BCUT2D eigenvalue weighted by atomic mass is 9.86. The number of aromatic nitrogens is 4. The summed E-state index contributed by atoms with van der Waals surface area (Å²) < 4.78 is 19.4. The Balaban J connectivity index is 1.31. The van der Waals surface area contributed by atoms with Crippen LogP contribution in [0.3, 0.4) is 0 Å². The molecular weight excluding hydrogens is 510 g/mol. The summed E-state index contributed by atoms with van der Waals surface area (Å²) in [5, 5.41) is 16.1. The van der Waals surface area contributed by atoms with Gasteiger partial charge in [-0.2, -0.15) is 5.10 Å². The van der Waals surface area contributed by atoms with Crippen molar-refractivity contribution in [1.29, 1.82) is 0 Å². The molecule has 0 spiro atoms. The molecular formula is C29H39N7O4. The molecule has 0 unspecified atom stereocenters. The van der Waals surface area contributed by atoms with Crippen LogP contribution in [0.1, 0.15) is 44.2 Å². The highest BCUT2D eigenvalue weighted by atomic mass is 16.5. The molecule has 0 bridgehead atoms. The van der Waals surface area contributed by atoms with Crippen molar-refractivity contribution in [3.8, 4) is 22.9 Å². The van der Waals surface area contributed by atoms with Crippen LogP contribution >= 0.6 is 0 Å². The number of hydrogen-bond donors (Lipinski definition) is 2. The summed E-state index contributed by atoms with van der Waals surface area (Å²) in [6.07, 6.45) is 8.79. The van der Waals surface area contributed by atoms with Gasteiger partial charge in [-0.25, -0.2) is 9.97 Å². The maximum atomic E-state index is 11.6. The minimum atomic E-state index is -1.07. The third-order valence-corrected chi connectivity index (χ3v) is 8.29. The van der Waals surface area contributed by atoms with Gasteiger partial charge in [0.15, 0.2) is 11.6 Å². The molecule has 0 radical (unpaired) electrons. The molecule has 3 saturated heterocycles. The van der Waals surface area contributed by atoms with Crippen molar-refractivity contribution in [2.75, 3.05) is 63.7 Å². The first-order valence-electron chi connectivity index (χ1n) is 14.2. The van der Waals surface area contributed by atoms with E-state index in [0.29, 0.717) is 43.7 Å². The molecule has 5 heterocycles. The van der Waals surface area contributed by atoms with E-state index in [0.717, 1.165) is 55.7 Å². The molecule has 11 heteroatoms. The monoisotopic (exact) mass is 549 g/mol. The Morgan fingerprint density at radius 2 is 1.95 bits per heavy atom. The molecule has 2 atom stereocenters. The Kier molecular flexibility index (Phi) is 7.63. The van der Waals surface area contributed by atoms with Crippen LogP contribution in [-0.4, -0.2) is 88.9 Å². The van der Waals surface area contributed by atoms with Crippen LogP contribution in [0.2, 0.25) is 0 Å². The van der Waals surface area contributed by atoms with E-state index in [1.807, 2.05) is 16.9 Å². The maximum Gasteiger partial charge on any atom is 0.263 e. The van der Waals surface area contributed by atoms with Gasteiger partial charge in [-0.1, -0.05) is 0 Å². The third kappa shape index (κ3) is 5.64. The fraction of sp³-hybridized carbons (Fsp3) is 0.552. The van der Waals surface area contributed by atoms with Crippen LogP contribution < -0.4 is 15.4 Å². The van der Waals surface area contributed by atoms with Gasteiger partial charge in [0.05, 0.1) is 50.1 Å². The average molecular weight is 550 g/mol. The van der Waals surface area contributed by atoms with E-state index in [1.54, 1.807) is 12.4 Å². The third-order valence-electron chi connectivity index (χ3n) is 8.29. The number of piperidine rings is 1. The highest BCUT2D eigenvalue weighted by Gasteiger charge is 2.34. The van der Waals surface area contributed by atoms with Crippen LogP contribution in [0, 0.1) is 0 Å². The van der Waals surface area contributed by atoms with Gasteiger partial charge in [0.2, 0.25) is 0 Å². The van der Waals surface area contributed by atoms with Crippen molar-refractivity contribution < 1.29 is 19.3 Å². The largest absolute Gasteiger partial charge is 0.433 e. The van der Waals surface area contributed by atoms with Crippen LogP contribution in [0.15, 0.2) is 36.8 Å². The van der Waals surface area contributed by atoms with Gasteiger partial charge < -0.3 is 34.9 Å². The van der Waals surface area contributed by atoms with Gasteiger partial charge >= 0.3 is 0 Å². The summed E-state index contributed by atoms with van der Waals surface area (Å²) in [4.78, 5) is 13.8. The van der Waals surface area contributed by atoms with Crippen molar-refractivity contribution in [2.45, 2.75) is 50.3 Å². The zero-order valence-electron chi connectivity index (χ0n) is 23.3. The lowest BCUT2D eigenvalue weighted by molar-refractivity contribution is -0.0902. The topological polar surface area (TPSA) is 124 Å². The number of nitrogens with zero attached hydrogens (tertiary/aromatic N) is 6. The van der Waals surface area contributed by atoms with Gasteiger partial charge in [-0.15, -0.1) is 0 Å². The van der Waals surface area contributed by atoms with E-state index in [4.69, 9.17) is 24.9 Å². The average Bonchev–Trinajstić information content (AvgIpc) is 3.43. The van der Waals surface area contributed by atoms with E-state index >= 15 is 0 Å². The Morgan fingerprint density at radius 3 is 2.73 bits per heavy atom. The van der Waals surface area contributed by atoms with Crippen LogP contribution in [0.25, 0.3) is 11.3 Å². The molecule has 0 saturated carbocycles. The number of rotatable bonds is 6. The van der Waals surface area contributed by atoms with Gasteiger partial charge in [-0.3, -0.25) is 4.68 Å². The van der Waals surface area contributed by atoms with E-state index in [-0.39, 0.29) is 24.3 Å². The van der Waals surface area contributed by atoms with Crippen molar-refractivity contribution in [3.05, 3.63) is 42.4 Å². The van der Waals surface area contributed by atoms with E-state index in [1.165, 1.54) is 0 Å². The summed E-state index contributed by atoms with van der Waals surface area (Å²) in [6, 6.07) is 6.68. The molecule has 3 N–H and O–H groups in total. The normalized spacial score (nSPS) is 24.8. The van der Waals surface area contributed by atoms with Gasteiger partial charge in [0.25, 0.3) is 5.88 Å². The molecule has 3 aliphatic heterocycles. The summed E-state index contributed by atoms with van der Waals surface area (Å²) >= 11 is 0. The first kappa shape index (κ1) is 26.9. The number of nitrogens with two attached hydrogens (primary N) is 1. The van der Waals surface area contributed by atoms with E-state index < -0.39 is 5.60 Å². The number of benzene rings is 1. The van der Waals surface area contributed by atoms with Crippen molar-refractivity contribution >= 4 is 11.5 Å². The molecule has 3 fully saturated rings. The zero-order valence-corrected chi connectivity index (χ0v) is 23.3. The highest BCUT2D eigenvalue weighted by Crippen LogP contribution is 2.37.